The Hall–Kier alpha value is -0.170. The maximum absolute atomic E-state index is 11.6. The summed E-state index contributed by atoms with van der Waals surface area (Å²) >= 11 is 0. The number of hydrogen-bond donors (Lipinski definition) is 2. The second kappa shape index (κ2) is 15.7. The van der Waals surface area contributed by atoms with Gasteiger partial charge in [0.05, 0.1) is 19.0 Å². The first-order chi connectivity index (χ1) is 12.5. The standard InChI is InChI=1S/C17H36N4O4S.HI/c1-4-18-17(19-10-7-12-21(5-2)26(3,22)23)20-11-8-13-24-15-16-9-6-14-25-16;/h16H,4-15H2,1-3H3,(H2,18,19,20);1H. The molecule has 162 valence electrons. The highest BCUT2D eigenvalue weighted by Gasteiger charge is 2.15. The van der Waals surface area contributed by atoms with Crippen LogP contribution in [0.4, 0.5) is 0 Å². The molecule has 27 heavy (non-hydrogen) atoms. The van der Waals surface area contributed by atoms with E-state index in [2.05, 4.69) is 15.6 Å². The highest BCUT2D eigenvalue weighted by atomic mass is 127. The molecule has 10 heteroatoms. The summed E-state index contributed by atoms with van der Waals surface area (Å²) in [5, 5.41) is 6.44. The Labute approximate surface area is 181 Å². The first-order valence-electron chi connectivity index (χ1n) is 9.64. The minimum atomic E-state index is -3.12. The zero-order valence-corrected chi connectivity index (χ0v) is 20.1. The Morgan fingerprint density at radius 1 is 1.30 bits per heavy atom. The van der Waals surface area contributed by atoms with Crippen LogP contribution in [0.25, 0.3) is 0 Å². The summed E-state index contributed by atoms with van der Waals surface area (Å²) in [5.41, 5.74) is 0. The zero-order valence-electron chi connectivity index (χ0n) is 16.9. The van der Waals surface area contributed by atoms with Crippen molar-refractivity contribution in [2.45, 2.75) is 45.6 Å². The molecule has 1 aliphatic rings. The lowest BCUT2D eigenvalue weighted by Crippen LogP contribution is -2.39. The van der Waals surface area contributed by atoms with E-state index in [1.807, 2.05) is 13.8 Å². The summed E-state index contributed by atoms with van der Waals surface area (Å²) < 4.78 is 35.7. The van der Waals surface area contributed by atoms with Gasteiger partial charge in [-0.15, -0.1) is 24.0 Å². The Bertz CT molecular complexity index is 499. The molecular formula is C17H37IN4O4S. The van der Waals surface area contributed by atoms with Crippen LogP contribution in [0.2, 0.25) is 0 Å². The van der Waals surface area contributed by atoms with Crippen LogP contribution in [0.5, 0.6) is 0 Å². The van der Waals surface area contributed by atoms with Gasteiger partial charge in [0, 0.05) is 45.9 Å². The number of rotatable bonds is 13. The number of hydrogen-bond acceptors (Lipinski definition) is 5. The summed E-state index contributed by atoms with van der Waals surface area (Å²) in [6.07, 6.45) is 5.34. The van der Waals surface area contributed by atoms with Crippen LogP contribution >= 0.6 is 24.0 Å². The SMILES string of the molecule is CCNC(=NCCCOCC1CCCO1)NCCCN(CC)S(C)(=O)=O.I. The van der Waals surface area contributed by atoms with Gasteiger partial charge in [-0.25, -0.2) is 12.7 Å². The molecular weight excluding hydrogens is 483 g/mol. The number of halogens is 1. The van der Waals surface area contributed by atoms with Gasteiger partial charge in [0.1, 0.15) is 0 Å². The molecule has 8 nitrogen and oxygen atoms in total. The third-order valence-corrected chi connectivity index (χ3v) is 5.47. The normalized spacial score (nSPS) is 17.8. The summed E-state index contributed by atoms with van der Waals surface area (Å²) in [7, 11) is -3.12. The monoisotopic (exact) mass is 520 g/mol. The molecule has 1 aliphatic heterocycles. The Morgan fingerprint density at radius 3 is 2.67 bits per heavy atom. The Morgan fingerprint density at radius 2 is 2.07 bits per heavy atom. The zero-order chi connectivity index (χ0) is 19.3. The second-order valence-electron chi connectivity index (χ2n) is 6.36. The molecule has 0 spiro atoms. The predicted octanol–water partition coefficient (Wildman–Crippen LogP) is 1.42. The first kappa shape index (κ1) is 26.8. The Balaban J connectivity index is 0.00000676. The maximum atomic E-state index is 11.6. The maximum Gasteiger partial charge on any atom is 0.211 e. The molecule has 0 aromatic heterocycles. The van der Waals surface area contributed by atoms with E-state index in [-0.39, 0.29) is 30.1 Å². The van der Waals surface area contributed by atoms with Crippen molar-refractivity contribution in [1.29, 1.82) is 0 Å². The first-order valence-corrected chi connectivity index (χ1v) is 11.5. The van der Waals surface area contributed by atoms with Gasteiger partial charge in [-0.05, 0) is 32.6 Å². The molecule has 0 radical (unpaired) electrons. The van der Waals surface area contributed by atoms with Gasteiger partial charge in [0.2, 0.25) is 10.0 Å². The lowest BCUT2D eigenvalue weighted by atomic mass is 10.2. The third-order valence-electron chi connectivity index (χ3n) is 4.09. The van der Waals surface area contributed by atoms with Crippen LogP contribution < -0.4 is 10.6 Å². The van der Waals surface area contributed by atoms with Gasteiger partial charge >= 0.3 is 0 Å². The quantitative estimate of drug-likeness (QED) is 0.165. The van der Waals surface area contributed by atoms with Crippen molar-refractivity contribution < 1.29 is 17.9 Å². The van der Waals surface area contributed by atoms with Gasteiger partial charge in [-0.2, -0.15) is 0 Å². The molecule has 0 bridgehead atoms. The van der Waals surface area contributed by atoms with Crippen LogP contribution in [0.15, 0.2) is 4.99 Å². The van der Waals surface area contributed by atoms with Crippen LogP contribution in [0.1, 0.15) is 39.5 Å². The summed E-state index contributed by atoms with van der Waals surface area (Å²) in [6.45, 7) is 9.24. The van der Waals surface area contributed by atoms with Crippen molar-refractivity contribution >= 4 is 40.0 Å². The number of aliphatic imine (C=N–C) groups is 1. The van der Waals surface area contributed by atoms with Gasteiger partial charge in [-0.1, -0.05) is 6.92 Å². The van der Waals surface area contributed by atoms with E-state index in [4.69, 9.17) is 9.47 Å². The van der Waals surface area contributed by atoms with Crippen LogP contribution in [-0.4, -0.2) is 83.6 Å². The second-order valence-corrected chi connectivity index (χ2v) is 8.34. The van der Waals surface area contributed by atoms with Gasteiger partial charge < -0.3 is 20.1 Å². The molecule has 1 saturated heterocycles. The molecule has 0 aromatic carbocycles. The molecule has 1 fully saturated rings. The number of nitrogens with zero attached hydrogens (tertiary/aromatic N) is 2. The molecule has 0 saturated carbocycles. The van der Waals surface area contributed by atoms with E-state index in [0.717, 1.165) is 44.8 Å². The molecule has 2 N–H and O–H groups in total. The molecule has 1 unspecified atom stereocenters. The van der Waals surface area contributed by atoms with Gasteiger partial charge in [0.25, 0.3) is 0 Å². The van der Waals surface area contributed by atoms with Crippen molar-refractivity contribution in [2.24, 2.45) is 4.99 Å². The van der Waals surface area contributed by atoms with Crippen LogP contribution in [0.3, 0.4) is 0 Å². The topological polar surface area (TPSA) is 92.3 Å². The molecule has 0 amide bonds. The largest absolute Gasteiger partial charge is 0.379 e. The van der Waals surface area contributed by atoms with E-state index >= 15 is 0 Å². The van der Waals surface area contributed by atoms with Gasteiger partial charge in [-0.3, -0.25) is 4.99 Å². The van der Waals surface area contributed by atoms with Crippen molar-refractivity contribution in [3.8, 4) is 0 Å². The van der Waals surface area contributed by atoms with Crippen molar-refractivity contribution in [2.75, 3.05) is 58.8 Å². The molecule has 0 aliphatic carbocycles. The predicted molar refractivity (Wildman–Crippen MR) is 121 cm³/mol. The average molecular weight is 520 g/mol. The lowest BCUT2D eigenvalue weighted by Gasteiger charge is -2.18. The van der Waals surface area contributed by atoms with Crippen LogP contribution in [-0.2, 0) is 19.5 Å². The van der Waals surface area contributed by atoms with Crippen molar-refractivity contribution in [3.05, 3.63) is 0 Å². The highest BCUT2D eigenvalue weighted by molar-refractivity contribution is 14.0. The van der Waals surface area contributed by atoms with E-state index in [1.165, 1.54) is 10.6 Å². The number of sulfonamides is 1. The fourth-order valence-electron chi connectivity index (χ4n) is 2.71. The fraction of sp³-hybridized carbons (Fsp3) is 0.941. The average Bonchev–Trinajstić information content (AvgIpc) is 3.10. The summed E-state index contributed by atoms with van der Waals surface area (Å²) in [5.74, 6) is 0.758. The minimum Gasteiger partial charge on any atom is -0.379 e. The third kappa shape index (κ3) is 12.8. The van der Waals surface area contributed by atoms with E-state index < -0.39 is 10.0 Å². The number of nitrogens with one attached hydrogen (secondary N) is 2. The van der Waals surface area contributed by atoms with Crippen molar-refractivity contribution in [3.63, 3.8) is 0 Å². The fourth-order valence-corrected chi connectivity index (χ4v) is 3.64. The number of ether oxygens (including phenoxy) is 2. The molecule has 1 heterocycles. The summed E-state index contributed by atoms with van der Waals surface area (Å²) in [6, 6.07) is 0. The van der Waals surface area contributed by atoms with Gasteiger partial charge in [0.15, 0.2) is 5.96 Å². The molecule has 1 atom stereocenters. The smallest absolute Gasteiger partial charge is 0.211 e. The summed E-state index contributed by atoms with van der Waals surface area (Å²) in [4.78, 5) is 4.52. The number of guanidine groups is 1. The van der Waals surface area contributed by atoms with Crippen LogP contribution in [0, 0.1) is 0 Å². The van der Waals surface area contributed by atoms with E-state index in [9.17, 15) is 8.42 Å². The Kier molecular flexibility index (Phi) is 15.6. The minimum absolute atomic E-state index is 0. The highest BCUT2D eigenvalue weighted by Crippen LogP contribution is 2.11. The van der Waals surface area contributed by atoms with E-state index in [0.29, 0.717) is 39.4 Å². The molecule has 0 aromatic rings. The van der Waals surface area contributed by atoms with Crippen molar-refractivity contribution in [1.82, 2.24) is 14.9 Å². The molecule has 1 rings (SSSR count). The lowest BCUT2D eigenvalue weighted by molar-refractivity contribution is 0.0171. The van der Waals surface area contributed by atoms with E-state index in [1.54, 1.807) is 0 Å².